The van der Waals surface area contributed by atoms with Crippen LogP contribution in [0.25, 0.3) is 0 Å². The molecule has 1 aromatic rings. The SMILES string of the molecule is CC(C)C[C@H](NC(=O)CCC1CCCC1)C(=O)NCC1CN(S(=O)(=O)c2ccccc2C#N)CCO1. The molecular formula is C26H38N4O5S. The Labute approximate surface area is 214 Å². The zero-order valence-electron chi connectivity index (χ0n) is 21.2. The van der Waals surface area contributed by atoms with Gasteiger partial charge in [0, 0.05) is 26.1 Å². The van der Waals surface area contributed by atoms with Crippen LogP contribution in [0.15, 0.2) is 29.2 Å². The van der Waals surface area contributed by atoms with Gasteiger partial charge in [-0.25, -0.2) is 8.42 Å². The Morgan fingerprint density at radius 2 is 1.94 bits per heavy atom. The van der Waals surface area contributed by atoms with Crippen molar-refractivity contribution in [1.29, 1.82) is 5.26 Å². The lowest BCUT2D eigenvalue weighted by Gasteiger charge is -2.32. The number of nitrogens with zero attached hydrogens (tertiary/aromatic N) is 2. The van der Waals surface area contributed by atoms with Gasteiger partial charge < -0.3 is 15.4 Å². The third-order valence-corrected chi connectivity index (χ3v) is 8.77. The zero-order valence-corrected chi connectivity index (χ0v) is 22.1. The van der Waals surface area contributed by atoms with Crippen LogP contribution in [-0.4, -0.2) is 62.9 Å². The molecule has 0 radical (unpaired) electrons. The smallest absolute Gasteiger partial charge is 0.244 e. The monoisotopic (exact) mass is 518 g/mol. The summed E-state index contributed by atoms with van der Waals surface area (Å²) in [6.07, 6.45) is 6.09. The minimum Gasteiger partial charge on any atom is -0.374 e. The molecule has 198 valence electrons. The van der Waals surface area contributed by atoms with Gasteiger partial charge in [0.15, 0.2) is 0 Å². The molecule has 0 bridgehead atoms. The quantitative estimate of drug-likeness (QED) is 0.463. The van der Waals surface area contributed by atoms with Crippen LogP contribution < -0.4 is 10.6 Å². The van der Waals surface area contributed by atoms with E-state index in [1.54, 1.807) is 12.1 Å². The maximum absolute atomic E-state index is 13.1. The van der Waals surface area contributed by atoms with Crippen LogP contribution in [0.1, 0.15) is 64.4 Å². The number of carbonyl (C=O) groups is 2. The molecule has 1 saturated heterocycles. The average Bonchev–Trinajstić information content (AvgIpc) is 3.39. The summed E-state index contributed by atoms with van der Waals surface area (Å²) in [5.41, 5.74) is 0.0917. The van der Waals surface area contributed by atoms with Gasteiger partial charge in [-0.1, -0.05) is 51.7 Å². The number of hydrogen-bond acceptors (Lipinski definition) is 6. The van der Waals surface area contributed by atoms with Gasteiger partial charge in [0.1, 0.15) is 12.1 Å². The van der Waals surface area contributed by atoms with Gasteiger partial charge in [-0.3, -0.25) is 9.59 Å². The molecule has 2 amide bonds. The van der Waals surface area contributed by atoms with Gasteiger partial charge in [-0.2, -0.15) is 9.57 Å². The molecule has 2 atom stereocenters. The molecule has 1 aliphatic heterocycles. The van der Waals surface area contributed by atoms with E-state index in [2.05, 4.69) is 10.6 Å². The number of nitrogens with one attached hydrogen (secondary N) is 2. The lowest BCUT2D eigenvalue weighted by Crippen LogP contribution is -2.53. The lowest BCUT2D eigenvalue weighted by molar-refractivity contribution is -0.130. The van der Waals surface area contributed by atoms with E-state index >= 15 is 0 Å². The first-order valence-electron chi connectivity index (χ1n) is 12.9. The molecule has 3 rings (SSSR count). The first-order valence-corrected chi connectivity index (χ1v) is 14.3. The van der Waals surface area contributed by atoms with E-state index in [4.69, 9.17) is 4.74 Å². The molecule has 1 aromatic carbocycles. The highest BCUT2D eigenvalue weighted by atomic mass is 32.2. The van der Waals surface area contributed by atoms with Crippen LogP contribution in [0.3, 0.4) is 0 Å². The first kappa shape index (κ1) is 28.1. The van der Waals surface area contributed by atoms with Gasteiger partial charge in [0.25, 0.3) is 0 Å². The number of nitriles is 1. The number of ether oxygens (including phenoxy) is 1. The second kappa shape index (κ2) is 13.2. The summed E-state index contributed by atoms with van der Waals surface area (Å²) in [5.74, 6) is 0.417. The van der Waals surface area contributed by atoms with E-state index in [-0.39, 0.29) is 54.4 Å². The molecule has 9 nitrogen and oxygen atoms in total. The van der Waals surface area contributed by atoms with Crippen LogP contribution in [0, 0.1) is 23.2 Å². The van der Waals surface area contributed by atoms with Crippen LogP contribution in [-0.2, 0) is 24.3 Å². The van der Waals surface area contributed by atoms with Gasteiger partial charge in [0.05, 0.1) is 23.2 Å². The fourth-order valence-corrected chi connectivity index (χ4v) is 6.50. The predicted octanol–water partition coefficient (Wildman–Crippen LogP) is 2.57. The second-order valence-electron chi connectivity index (χ2n) is 10.1. The van der Waals surface area contributed by atoms with E-state index < -0.39 is 22.2 Å². The molecule has 1 saturated carbocycles. The maximum Gasteiger partial charge on any atom is 0.244 e. The fourth-order valence-electron chi connectivity index (χ4n) is 4.90. The number of amides is 2. The number of carbonyl (C=O) groups excluding carboxylic acids is 2. The number of hydrogen-bond donors (Lipinski definition) is 2. The van der Waals surface area contributed by atoms with Gasteiger partial charge in [-0.15, -0.1) is 0 Å². The molecular weight excluding hydrogens is 480 g/mol. The molecule has 1 aliphatic carbocycles. The number of sulfonamides is 1. The van der Waals surface area contributed by atoms with E-state index in [9.17, 15) is 23.3 Å². The van der Waals surface area contributed by atoms with E-state index in [1.165, 1.54) is 42.1 Å². The summed E-state index contributed by atoms with van der Waals surface area (Å²) in [7, 11) is -3.88. The van der Waals surface area contributed by atoms with Crippen molar-refractivity contribution in [3.05, 3.63) is 29.8 Å². The lowest BCUT2D eigenvalue weighted by atomic mass is 10.00. The largest absolute Gasteiger partial charge is 0.374 e. The molecule has 2 fully saturated rings. The van der Waals surface area contributed by atoms with Gasteiger partial charge in [-0.05, 0) is 36.8 Å². The van der Waals surface area contributed by atoms with Crippen LogP contribution in [0.4, 0.5) is 0 Å². The zero-order chi connectivity index (χ0) is 26.1. The summed E-state index contributed by atoms with van der Waals surface area (Å²) in [6.45, 7) is 4.53. The molecule has 1 heterocycles. The molecule has 0 spiro atoms. The minimum absolute atomic E-state index is 0.0329. The van der Waals surface area contributed by atoms with E-state index in [1.807, 2.05) is 19.9 Å². The highest BCUT2D eigenvalue weighted by Gasteiger charge is 2.33. The van der Waals surface area contributed by atoms with Crippen LogP contribution in [0.5, 0.6) is 0 Å². The Hall–Kier alpha value is -2.48. The standard InChI is InChI=1S/C26H38N4O5S/c1-19(2)15-23(29-25(31)12-11-20-7-3-4-8-20)26(32)28-17-22-18-30(13-14-35-22)36(33,34)24-10-6-5-9-21(24)16-27/h5-6,9-10,19-20,22-23H,3-4,7-8,11-15,17-18H2,1-2H3,(H,28,32)(H,29,31)/t22?,23-/m0/s1. The molecule has 2 N–H and O–H groups in total. The van der Waals surface area contributed by atoms with Crippen molar-refractivity contribution in [1.82, 2.24) is 14.9 Å². The summed E-state index contributed by atoms with van der Waals surface area (Å²) in [4.78, 5) is 25.4. The van der Waals surface area contributed by atoms with Crippen LogP contribution in [0.2, 0.25) is 0 Å². The topological polar surface area (TPSA) is 129 Å². The Kier molecular flexibility index (Phi) is 10.3. The van der Waals surface area contributed by atoms with Crippen LogP contribution >= 0.6 is 0 Å². The summed E-state index contributed by atoms with van der Waals surface area (Å²) >= 11 is 0. The highest BCUT2D eigenvalue weighted by molar-refractivity contribution is 7.89. The molecule has 2 aliphatic rings. The number of morpholine rings is 1. The van der Waals surface area contributed by atoms with Crippen molar-refractivity contribution in [2.75, 3.05) is 26.2 Å². The highest BCUT2D eigenvalue weighted by Crippen LogP contribution is 2.28. The first-order chi connectivity index (χ1) is 17.2. The van der Waals surface area contributed by atoms with Crippen molar-refractivity contribution < 1.29 is 22.7 Å². The normalized spacial score (nSPS) is 20.1. The van der Waals surface area contributed by atoms with Crippen molar-refractivity contribution in [3.63, 3.8) is 0 Å². The predicted molar refractivity (Wildman–Crippen MR) is 135 cm³/mol. The third-order valence-electron chi connectivity index (χ3n) is 6.84. The Bertz CT molecular complexity index is 1050. The maximum atomic E-state index is 13.1. The molecule has 1 unspecified atom stereocenters. The summed E-state index contributed by atoms with van der Waals surface area (Å²) in [5, 5.41) is 15.0. The Morgan fingerprint density at radius 1 is 1.22 bits per heavy atom. The van der Waals surface area contributed by atoms with E-state index in [0.717, 1.165) is 6.42 Å². The third kappa shape index (κ3) is 7.76. The molecule has 36 heavy (non-hydrogen) atoms. The van der Waals surface area contributed by atoms with Crippen molar-refractivity contribution in [3.8, 4) is 6.07 Å². The van der Waals surface area contributed by atoms with Gasteiger partial charge >= 0.3 is 0 Å². The average molecular weight is 519 g/mol. The number of benzene rings is 1. The fraction of sp³-hybridized carbons (Fsp3) is 0.654. The molecule has 10 heteroatoms. The van der Waals surface area contributed by atoms with Crippen molar-refractivity contribution in [2.45, 2.75) is 75.8 Å². The minimum atomic E-state index is -3.88. The van der Waals surface area contributed by atoms with E-state index in [0.29, 0.717) is 18.8 Å². The number of rotatable bonds is 11. The Morgan fingerprint density at radius 3 is 2.64 bits per heavy atom. The Balaban J connectivity index is 1.55. The van der Waals surface area contributed by atoms with Crippen molar-refractivity contribution in [2.24, 2.45) is 11.8 Å². The summed E-state index contributed by atoms with van der Waals surface area (Å²) < 4.78 is 33.3. The van der Waals surface area contributed by atoms with Gasteiger partial charge in [0.2, 0.25) is 21.8 Å². The van der Waals surface area contributed by atoms with Crippen molar-refractivity contribution >= 4 is 21.8 Å². The second-order valence-corrected chi connectivity index (χ2v) is 12.1. The summed E-state index contributed by atoms with van der Waals surface area (Å²) in [6, 6.07) is 7.39. The molecule has 0 aromatic heterocycles.